The molecule has 0 spiro atoms. The van der Waals surface area contributed by atoms with Crippen molar-refractivity contribution in [2.24, 2.45) is 23.7 Å². The van der Waals surface area contributed by atoms with Gasteiger partial charge in [-0.3, -0.25) is 34.1 Å². The van der Waals surface area contributed by atoms with Crippen LogP contribution in [0.4, 0.5) is 55.0 Å². The summed E-state index contributed by atoms with van der Waals surface area (Å²) in [7, 11) is 1.22. The van der Waals surface area contributed by atoms with Crippen LogP contribution in [-0.4, -0.2) is 101 Å². The molecular weight excluding hydrogens is 1860 g/mol. The molecule has 8 heterocycles. The molecule has 4 saturated carbocycles. The third kappa shape index (κ3) is 28.4. The molecule has 6 aromatic carbocycles. The van der Waals surface area contributed by atoms with Crippen molar-refractivity contribution >= 4 is 86.8 Å². The molecule has 4 aliphatic carbocycles. The second-order valence-corrected chi connectivity index (χ2v) is 38.6. The van der Waals surface area contributed by atoms with E-state index < -0.39 is 52.8 Å². The van der Waals surface area contributed by atoms with Crippen LogP contribution in [0.15, 0.2) is 263 Å². The molecule has 14 aromatic rings. The number of anilines is 4. The Hall–Kier alpha value is -13.7. The Morgan fingerprint density at radius 1 is 0.441 bits per heavy atom. The number of benzene rings is 6. The minimum absolute atomic E-state index is 0. The van der Waals surface area contributed by atoms with E-state index in [4.69, 9.17) is 20.9 Å². The molecule has 3 amide bonds. The van der Waals surface area contributed by atoms with E-state index in [9.17, 15) is 51.9 Å². The number of carbonyl (C=O) groups excluding carboxylic acids is 5. The molecule has 27 nitrogen and oxygen atoms in total. The summed E-state index contributed by atoms with van der Waals surface area (Å²) in [5.41, 5.74) is 16.3. The maximum absolute atomic E-state index is 15.4. The Morgan fingerprint density at radius 2 is 0.790 bits per heavy atom. The predicted molar refractivity (Wildman–Crippen MR) is 541 cm³/mol. The number of Topliss-reactive ketones (excluding diaryl/α,β-unsaturated/α-hetero) is 2. The van der Waals surface area contributed by atoms with Gasteiger partial charge in [-0.05, 0) is 284 Å². The molecule has 4 atom stereocenters. The summed E-state index contributed by atoms with van der Waals surface area (Å²) in [4.78, 5) is 125. The Bertz CT molecular complexity index is 7150. The number of aromatic nitrogens is 10. The number of hydrogen-bond donors (Lipinski definition) is 3. The summed E-state index contributed by atoms with van der Waals surface area (Å²) < 4.78 is 83.4. The summed E-state index contributed by atoms with van der Waals surface area (Å²) >= 11 is 0. The zero-order valence-corrected chi connectivity index (χ0v) is 84.6. The number of nitrogens with zero attached hydrogens (tertiary/aromatic N) is 11. The van der Waals surface area contributed by atoms with Gasteiger partial charge in [-0.25, -0.2) is 51.3 Å². The molecule has 143 heavy (non-hydrogen) atoms. The fraction of sp³-hybridized carbons (Fsp3) is 0.336. The van der Waals surface area contributed by atoms with Crippen LogP contribution < -0.4 is 73.5 Å². The molecule has 8 aromatic heterocycles. The zero-order valence-electron chi connectivity index (χ0n) is 81.8. The molecule has 33 heteroatoms. The second kappa shape index (κ2) is 47.9. The fourth-order valence-corrected chi connectivity index (χ4v) is 17.4. The van der Waals surface area contributed by atoms with Crippen molar-refractivity contribution in [3.8, 4) is 11.4 Å². The minimum Gasteiger partial charge on any atom is -0.870 e. The molecular formula is C110H118ClF4N14NaO13. The number of fused-ring (bicyclic) bond motifs is 2. The molecule has 6 N–H and O–H groups in total. The van der Waals surface area contributed by atoms with E-state index in [2.05, 4.69) is 30.2 Å². The fourth-order valence-electron chi connectivity index (χ4n) is 17.4. The van der Waals surface area contributed by atoms with E-state index >= 15 is 8.78 Å². The summed E-state index contributed by atoms with van der Waals surface area (Å²) in [6.07, 6.45) is 24.1. The number of pyridine rings is 6. The second-order valence-electron chi connectivity index (χ2n) is 38.6. The van der Waals surface area contributed by atoms with E-state index in [1.54, 1.807) is 224 Å². The number of aryl methyl sites for hydroxylation is 2. The van der Waals surface area contributed by atoms with Crippen molar-refractivity contribution in [1.29, 1.82) is 0 Å². The van der Waals surface area contributed by atoms with Crippen molar-refractivity contribution < 1.29 is 90.8 Å². The first-order valence-corrected chi connectivity index (χ1v) is 47.5. The van der Waals surface area contributed by atoms with E-state index in [0.29, 0.717) is 62.4 Å². The van der Waals surface area contributed by atoms with Crippen LogP contribution in [0.2, 0.25) is 0 Å². The number of amides is 3. The first-order valence-electron chi connectivity index (χ1n) is 47.5. The quantitative estimate of drug-likeness (QED) is 0.0124. The first kappa shape index (κ1) is 108. The Labute approximate surface area is 854 Å². The average Bonchev–Trinajstić information content (AvgIpc) is 1.41. The van der Waals surface area contributed by atoms with E-state index in [1.807, 2.05) is 49.4 Å². The van der Waals surface area contributed by atoms with Crippen LogP contribution in [0, 0.1) is 60.8 Å². The number of imide groups is 1. The number of ketones is 2. The molecule has 742 valence electrons. The maximum atomic E-state index is 15.4. The van der Waals surface area contributed by atoms with Gasteiger partial charge in [0, 0.05) is 85.1 Å². The van der Waals surface area contributed by atoms with Gasteiger partial charge in [0.05, 0.1) is 65.4 Å². The van der Waals surface area contributed by atoms with Crippen LogP contribution in [0.1, 0.15) is 234 Å². The van der Waals surface area contributed by atoms with Crippen LogP contribution in [0.25, 0.3) is 32.9 Å². The molecule has 4 unspecified atom stereocenters. The summed E-state index contributed by atoms with van der Waals surface area (Å²) in [6.45, 7) is 13.7. The average molecular weight is 1980 g/mol. The van der Waals surface area contributed by atoms with E-state index in [-0.39, 0.29) is 147 Å². The van der Waals surface area contributed by atoms with Crippen LogP contribution >= 0.6 is 12.4 Å². The number of carbonyl (C=O) groups is 5. The monoisotopic (exact) mass is 1980 g/mol. The van der Waals surface area contributed by atoms with Gasteiger partial charge < -0.3 is 49.4 Å². The van der Waals surface area contributed by atoms with Gasteiger partial charge in [0.15, 0.2) is 17.4 Å². The number of methoxy groups -OCH3 is 1. The molecule has 18 rings (SSSR count). The van der Waals surface area contributed by atoms with Gasteiger partial charge in [0.25, 0.3) is 22.2 Å². The van der Waals surface area contributed by atoms with Crippen LogP contribution in [0.3, 0.4) is 0 Å². The smallest absolute Gasteiger partial charge is 0.870 e. The van der Waals surface area contributed by atoms with Gasteiger partial charge in [0.2, 0.25) is 0 Å². The van der Waals surface area contributed by atoms with Crippen molar-refractivity contribution in [1.82, 2.24) is 47.8 Å². The van der Waals surface area contributed by atoms with Gasteiger partial charge in [-0.15, -0.1) is 12.4 Å². The predicted octanol–water partition coefficient (Wildman–Crippen LogP) is 19.3. The number of halogens is 5. The largest absolute Gasteiger partial charge is 1.00 e. The van der Waals surface area contributed by atoms with E-state index in [1.165, 1.54) is 112 Å². The van der Waals surface area contributed by atoms with Gasteiger partial charge in [-0.1, -0.05) is 124 Å². The van der Waals surface area contributed by atoms with Crippen molar-refractivity contribution in [3.05, 3.63) is 364 Å². The van der Waals surface area contributed by atoms with Gasteiger partial charge in [-0.2, -0.15) is 15.1 Å². The van der Waals surface area contributed by atoms with E-state index in [0.717, 1.165) is 101 Å². The summed E-state index contributed by atoms with van der Waals surface area (Å²) in [6, 6.07) is 56.1. The Balaban J connectivity index is 0.000000180. The molecule has 0 bridgehead atoms. The number of ether oxygens (including phenoxy) is 3. The number of hydrogen-bond acceptors (Lipinski definition) is 19. The van der Waals surface area contributed by atoms with Crippen LogP contribution in [-0.2, 0) is 27.1 Å². The van der Waals surface area contributed by atoms with Gasteiger partial charge >= 0.3 is 47.8 Å². The molecule has 4 aliphatic rings. The SMILES string of the molecule is COC(=O)Nc1cc(C(CCC2CC2)n2ccccc2=O)ccc1F.Cc1cc(C(=O)Cc2cc(C(CCC3CC3)n3ccccc3=O)ccc2F)n(-c2ccc3ccnc(N(C(=O)OC(C)(C)C)C(=O)OC(C)(C)C)c3c2)n1.Cc1cc(C(=O)Cc2cc(C(CCC3CC3)n3ccccc3=O)ccc2F)n(-c2ccc3ccnc(N)c3c2)n1.Cl.Nc1cc(C(CCC2CC2)n2ccccc2=O)ccc1F.[Na+].[OH-]. The van der Waals surface area contributed by atoms with Crippen molar-refractivity contribution in [3.63, 3.8) is 0 Å². The number of nitrogens with two attached hydrogens (primary N) is 2. The number of nitrogen functional groups attached to an aromatic ring is 2. The molecule has 4 fully saturated rings. The third-order valence-corrected chi connectivity index (χ3v) is 25.3. The maximum Gasteiger partial charge on any atom is 1.00 e. The topological polar surface area (TPSA) is 360 Å². The molecule has 0 aliphatic heterocycles. The molecule has 0 saturated heterocycles. The summed E-state index contributed by atoms with van der Waals surface area (Å²) in [5.74, 6) is 0.606. The summed E-state index contributed by atoms with van der Waals surface area (Å²) in [5, 5.41) is 14.3. The third-order valence-electron chi connectivity index (χ3n) is 25.3. The van der Waals surface area contributed by atoms with Crippen molar-refractivity contribution in [2.75, 3.05) is 28.8 Å². The van der Waals surface area contributed by atoms with Crippen LogP contribution in [0.5, 0.6) is 0 Å². The number of nitrogens with one attached hydrogen (secondary N) is 1. The van der Waals surface area contributed by atoms with Crippen molar-refractivity contribution in [2.45, 2.75) is 206 Å². The Kier molecular flexibility index (Phi) is 36.2. The molecule has 0 radical (unpaired) electrons. The van der Waals surface area contributed by atoms with Gasteiger partial charge in [0.1, 0.15) is 51.7 Å². The standard InChI is InChI=1S/C42H46FN5O6.C32H30FN5O2.C19H21FN2O3.C17H19FN2O.ClH.Na.H2O/c1-26-22-35(36(49)24-30-23-29(15-17-33(30)43)34(18-13-27-11-12-27)46-21-9-8-10-37(46)50)48(45-26)31-16-14-28-19-20-44-38(32(28)25-31)47(39(51)53-41(2,3)4)40(52)54-42(5,6)7;1-20-16-29(38(36-20)25-10-8-22-13-14-35-32(34)26(22)19-25)30(39)18-24-17-23(9-11-27(24)33)28(12-7-21-5-6-21)37-15-3-2-4-31(37)40;1-25-19(24)21-16-12-14(8-9-15(16)20)17(10-7-13-5-6-13)22-11-3-2-4-18(22)23;18-14-8-7-13(11-15(14)19)16(9-6-12-4-5-12)20-10-2-1-3-17(20)21;;;/h8-10,14-17,19-23,25,27,34H,11-13,18,24H2,1-7H3;2-4,8-11,13-17,19,21,28H,5-7,12,18H2,1H3,(H2,34,35);2-4,8-9,11-13,17H,5-7,10H2,1H3,(H,21,24);1-3,7-8,10-12,16H,4-6,9,19H2;1H;;1H2/q;;;;;+1;/p-1. The normalized spacial score (nSPS) is 14.0. The number of rotatable bonds is 30. The minimum atomic E-state index is -0.968. The zero-order chi connectivity index (χ0) is 99.4. The first-order chi connectivity index (χ1) is 67.1. The Morgan fingerprint density at radius 3 is 1.15 bits per heavy atom.